The maximum absolute atomic E-state index is 11.7. The van der Waals surface area contributed by atoms with Crippen LogP contribution in [0.4, 0.5) is 0 Å². The molecule has 1 rings (SSSR count). The van der Waals surface area contributed by atoms with Gasteiger partial charge in [0.1, 0.15) is 0 Å². The molecule has 0 heterocycles. The number of benzene rings is 1. The molecule has 0 aliphatic heterocycles. The van der Waals surface area contributed by atoms with Crippen LogP contribution >= 0.6 is 23.2 Å². The summed E-state index contributed by atoms with van der Waals surface area (Å²) in [5.74, 6) is 0.0660. The van der Waals surface area contributed by atoms with Gasteiger partial charge in [-0.15, -0.1) is 0 Å². The monoisotopic (exact) mass is 316 g/mol. The normalized spacial score (nSPS) is 13.8. The van der Waals surface area contributed by atoms with E-state index in [4.69, 9.17) is 23.2 Å². The fraction of sp³-hybridized carbons (Fsp3) is 0.533. The minimum Gasteiger partial charge on any atom is -0.354 e. The molecule has 2 atom stereocenters. The van der Waals surface area contributed by atoms with E-state index in [2.05, 4.69) is 10.6 Å². The van der Waals surface area contributed by atoms with Gasteiger partial charge in [-0.25, -0.2) is 0 Å². The molecule has 3 nitrogen and oxygen atoms in total. The Bertz CT molecular complexity index is 451. The van der Waals surface area contributed by atoms with Crippen LogP contribution < -0.4 is 10.6 Å². The van der Waals surface area contributed by atoms with Crippen LogP contribution in [0.2, 0.25) is 10.0 Å². The van der Waals surface area contributed by atoms with Crippen molar-refractivity contribution in [1.82, 2.24) is 10.6 Å². The Morgan fingerprint density at radius 1 is 1.30 bits per heavy atom. The molecular formula is C15H22Cl2N2O. The minimum absolute atomic E-state index is 0.0533. The number of carbonyl (C=O) groups excluding carboxylic acids is 1. The van der Waals surface area contributed by atoms with Gasteiger partial charge < -0.3 is 10.6 Å². The van der Waals surface area contributed by atoms with Crippen LogP contribution in [0, 0.1) is 0 Å². The SMILES string of the molecule is CCC(C)NC(=O)CCNC(C)c1cccc(Cl)c1Cl. The van der Waals surface area contributed by atoms with E-state index < -0.39 is 0 Å². The van der Waals surface area contributed by atoms with Gasteiger partial charge in [-0.1, -0.05) is 42.3 Å². The second-order valence-corrected chi connectivity index (χ2v) is 5.73. The summed E-state index contributed by atoms with van der Waals surface area (Å²) in [6, 6.07) is 5.85. The highest BCUT2D eigenvalue weighted by Gasteiger charge is 2.12. The average molecular weight is 317 g/mol. The lowest BCUT2D eigenvalue weighted by Crippen LogP contribution is -2.34. The largest absolute Gasteiger partial charge is 0.354 e. The highest BCUT2D eigenvalue weighted by molar-refractivity contribution is 6.42. The smallest absolute Gasteiger partial charge is 0.221 e. The number of nitrogens with one attached hydrogen (secondary N) is 2. The van der Waals surface area contributed by atoms with Crippen molar-refractivity contribution in [1.29, 1.82) is 0 Å². The van der Waals surface area contributed by atoms with E-state index in [0.29, 0.717) is 23.0 Å². The van der Waals surface area contributed by atoms with Crippen LogP contribution in [0.3, 0.4) is 0 Å². The number of carbonyl (C=O) groups is 1. The summed E-state index contributed by atoms with van der Waals surface area (Å²) in [5.41, 5.74) is 0.946. The van der Waals surface area contributed by atoms with Crippen LogP contribution in [0.25, 0.3) is 0 Å². The lowest BCUT2D eigenvalue weighted by Gasteiger charge is -2.17. The van der Waals surface area contributed by atoms with E-state index in [0.717, 1.165) is 12.0 Å². The van der Waals surface area contributed by atoms with Gasteiger partial charge in [-0.3, -0.25) is 4.79 Å². The van der Waals surface area contributed by atoms with E-state index in [9.17, 15) is 4.79 Å². The molecule has 0 saturated carbocycles. The maximum atomic E-state index is 11.7. The van der Waals surface area contributed by atoms with Gasteiger partial charge in [0.2, 0.25) is 5.91 Å². The van der Waals surface area contributed by atoms with Gasteiger partial charge in [0.25, 0.3) is 0 Å². The fourth-order valence-corrected chi connectivity index (χ4v) is 2.29. The summed E-state index contributed by atoms with van der Waals surface area (Å²) in [4.78, 5) is 11.7. The van der Waals surface area contributed by atoms with Crippen molar-refractivity contribution in [3.63, 3.8) is 0 Å². The zero-order valence-corrected chi connectivity index (χ0v) is 13.7. The number of rotatable bonds is 7. The standard InChI is InChI=1S/C15H22Cl2N2O/c1-4-10(2)19-14(20)8-9-18-11(3)12-6-5-7-13(16)15(12)17/h5-7,10-11,18H,4,8-9H2,1-3H3,(H,19,20). The predicted molar refractivity (Wildman–Crippen MR) is 85.4 cm³/mol. The molecule has 0 fully saturated rings. The summed E-state index contributed by atoms with van der Waals surface area (Å²) in [7, 11) is 0. The lowest BCUT2D eigenvalue weighted by atomic mass is 10.1. The molecule has 1 aromatic rings. The number of amides is 1. The van der Waals surface area contributed by atoms with E-state index in [1.165, 1.54) is 0 Å². The Hall–Kier alpha value is -0.770. The van der Waals surface area contributed by atoms with Gasteiger partial charge in [-0.2, -0.15) is 0 Å². The van der Waals surface area contributed by atoms with E-state index in [-0.39, 0.29) is 18.0 Å². The van der Waals surface area contributed by atoms with Crippen molar-refractivity contribution in [2.24, 2.45) is 0 Å². The average Bonchev–Trinajstić information content (AvgIpc) is 2.41. The summed E-state index contributed by atoms with van der Waals surface area (Å²) < 4.78 is 0. The Labute approximate surface area is 131 Å². The Balaban J connectivity index is 2.42. The highest BCUT2D eigenvalue weighted by Crippen LogP contribution is 2.29. The lowest BCUT2D eigenvalue weighted by molar-refractivity contribution is -0.121. The van der Waals surface area contributed by atoms with Gasteiger partial charge >= 0.3 is 0 Å². The molecule has 1 aromatic carbocycles. The topological polar surface area (TPSA) is 41.1 Å². The van der Waals surface area contributed by atoms with Crippen molar-refractivity contribution < 1.29 is 4.79 Å². The molecule has 0 aliphatic carbocycles. The number of halogens is 2. The minimum atomic E-state index is 0.0533. The zero-order chi connectivity index (χ0) is 15.1. The molecule has 0 bridgehead atoms. The molecule has 2 N–H and O–H groups in total. The first-order chi connectivity index (χ1) is 9.45. The molecule has 0 radical (unpaired) electrons. The summed E-state index contributed by atoms with van der Waals surface area (Å²) in [5, 5.41) is 7.34. The second-order valence-electron chi connectivity index (χ2n) is 4.95. The molecule has 112 valence electrons. The van der Waals surface area contributed by atoms with Crippen molar-refractivity contribution in [2.45, 2.75) is 45.7 Å². The zero-order valence-electron chi connectivity index (χ0n) is 12.2. The van der Waals surface area contributed by atoms with Crippen LogP contribution in [0.5, 0.6) is 0 Å². The Morgan fingerprint density at radius 2 is 2.00 bits per heavy atom. The molecule has 0 aromatic heterocycles. The van der Waals surface area contributed by atoms with Gasteiger partial charge in [-0.05, 0) is 31.9 Å². The first-order valence-electron chi connectivity index (χ1n) is 6.92. The van der Waals surface area contributed by atoms with E-state index in [1.54, 1.807) is 6.07 Å². The Kier molecular flexibility index (Phi) is 7.35. The third kappa shape index (κ3) is 5.31. The maximum Gasteiger partial charge on any atom is 0.221 e. The van der Waals surface area contributed by atoms with E-state index >= 15 is 0 Å². The summed E-state index contributed by atoms with van der Waals surface area (Å²) in [6.07, 6.45) is 1.39. The second kappa shape index (κ2) is 8.50. The predicted octanol–water partition coefficient (Wildman–Crippen LogP) is 3.95. The molecule has 20 heavy (non-hydrogen) atoms. The molecule has 0 aliphatic rings. The molecule has 0 spiro atoms. The van der Waals surface area contributed by atoms with Crippen molar-refractivity contribution in [2.75, 3.05) is 6.54 Å². The highest BCUT2D eigenvalue weighted by atomic mass is 35.5. The number of hydrogen-bond acceptors (Lipinski definition) is 2. The van der Waals surface area contributed by atoms with Crippen molar-refractivity contribution in [3.8, 4) is 0 Å². The van der Waals surface area contributed by atoms with Crippen molar-refractivity contribution in [3.05, 3.63) is 33.8 Å². The summed E-state index contributed by atoms with van der Waals surface area (Å²) in [6.45, 7) is 6.66. The van der Waals surface area contributed by atoms with Gasteiger partial charge in [0.05, 0.1) is 10.0 Å². The van der Waals surface area contributed by atoms with Crippen LogP contribution in [-0.2, 0) is 4.79 Å². The van der Waals surface area contributed by atoms with Crippen molar-refractivity contribution >= 4 is 29.1 Å². The molecular weight excluding hydrogens is 295 g/mol. The third-order valence-electron chi connectivity index (χ3n) is 3.27. The van der Waals surface area contributed by atoms with Gasteiger partial charge in [0.15, 0.2) is 0 Å². The van der Waals surface area contributed by atoms with Crippen LogP contribution in [-0.4, -0.2) is 18.5 Å². The van der Waals surface area contributed by atoms with Gasteiger partial charge in [0, 0.05) is 25.0 Å². The third-order valence-corrected chi connectivity index (χ3v) is 4.10. The van der Waals surface area contributed by atoms with Crippen LogP contribution in [0.1, 0.15) is 45.2 Å². The first-order valence-corrected chi connectivity index (χ1v) is 7.68. The summed E-state index contributed by atoms with van der Waals surface area (Å²) >= 11 is 12.2. The molecule has 5 heteroatoms. The fourth-order valence-electron chi connectivity index (χ4n) is 1.82. The van der Waals surface area contributed by atoms with E-state index in [1.807, 2.05) is 32.9 Å². The number of hydrogen-bond donors (Lipinski definition) is 2. The van der Waals surface area contributed by atoms with Crippen LogP contribution in [0.15, 0.2) is 18.2 Å². The quantitative estimate of drug-likeness (QED) is 0.799. The molecule has 0 saturated heterocycles. The first kappa shape index (κ1) is 17.3. The molecule has 1 amide bonds. The Morgan fingerprint density at radius 3 is 2.65 bits per heavy atom. The molecule has 2 unspecified atom stereocenters.